The van der Waals surface area contributed by atoms with Crippen molar-refractivity contribution in [3.63, 3.8) is 0 Å². The number of benzene rings is 1. The van der Waals surface area contributed by atoms with E-state index in [0.717, 1.165) is 5.56 Å². The molecule has 0 aliphatic carbocycles. The number of aryl methyl sites for hydroxylation is 1. The zero-order chi connectivity index (χ0) is 22.7. The molecular weight excluding hydrogens is 412 g/mol. The van der Waals surface area contributed by atoms with Crippen LogP contribution in [0.2, 0.25) is 0 Å². The Bertz CT molecular complexity index is 730. The molecule has 9 nitrogen and oxygen atoms in total. The van der Waals surface area contributed by atoms with E-state index in [1.807, 2.05) is 6.92 Å². The molecule has 10 heteroatoms. The molecule has 0 saturated heterocycles. The quantitative estimate of drug-likeness (QED) is 0.283. The summed E-state index contributed by atoms with van der Waals surface area (Å²) in [4.78, 5) is 35.8. The highest BCUT2D eigenvalue weighted by atomic mass is 32.2. The van der Waals surface area contributed by atoms with Gasteiger partial charge in [-0.1, -0.05) is 17.7 Å². The van der Waals surface area contributed by atoms with Crippen LogP contribution in [0.5, 0.6) is 0 Å². The van der Waals surface area contributed by atoms with E-state index in [-0.39, 0.29) is 38.9 Å². The molecule has 0 unspecified atom stereocenters. The summed E-state index contributed by atoms with van der Waals surface area (Å²) in [7, 11) is -1.71. The van der Waals surface area contributed by atoms with Crippen molar-refractivity contribution in [1.29, 1.82) is 0 Å². The van der Waals surface area contributed by atoms with Gasteiger partial charge in [0, 0.05) is 17.8 Å². The van der Waals surface area contributed by atoms with Crippen LogP contribution in [0, 0.1) is 17.0 Å². The molecule has 0 heterocycles. The summed E-state index contributed by atoms with van der Waals surface area (Å²) in [6, 6.07) is 6.04. The van der Waals surface area contributed by atoms with Gasteiger partial charge >= 0.3 is 11.9 Å². The lowest BCUT2D eigenvalue weighted by Gasteiger charge is -2.31. The molecule has 0 amide bonds. The molecule has 1 rings (SSSR count). The number of carbonyl (C=O) groups is 2. The Labute approximate surface area is 179 Å². The largest absolute Gasteiger partial charge is 0.466 e. The fourth-order valence-corrected chi connectivity index (χ4v) is 4.06. The van der Waals surface area contributed by atoms with Crippen molar-refractivity contribution in [3.8, 4) is 0 Å². The molecule has 0 fully saturated rings. The fraction of sp³-hybridized carbons (Fsp3) is 0.600. The number of carbonyl (C=O) groups excluding carboxylic acids is 2. The minimum absolute atomic E-state index is 0.165. The molecule has 0 spiro atoms. The lowest BCUT2D eigenvalue weighted by molar-refractivity contribution is -0.576. The summed E-state index contributed by atoms with van der Waals surface area (Å²) in [5.74, 6) is -1.13. The number of nitrogens with one attached hydrogen (secondary N) is 1. The molecule has 1 N–H and O–H groups in total. The van der Waals surface area contributed by atoms with E-state index >= 15 is 0 Å². The van der Waals surface area contributed by atoms with Gasteiger partial charge in [-0.25, -0.2) is 8.93 Å². The van der Waals surface area contributed by atoms with E-state index in [1.165, 1.54) is 6.92 Å². The molecule has 0 aromatic heterocycles. The number of nitrogens with zero attached hydrogens (tertiary/aromatic N) is 1. The lowest BCUT2D eigenvalue weighted by Crippen LogP contribution is -2.55. The van der Waals surface area contributed by atoms with E-state index in [2.05, 4.69) is 4.72 Å². The van der Waals surface area contributed by atoms with Crippen LogP contribution in [0.1, 0.15) is 52.0 Å². The maximum Gasteiger partial charge on any atom is 0.306 e. The molecule has 1 aromatic carbocycles. The van der Waals surface area contributed by atoms with Gasteiger partial charge in [-0.2, -0.15) is 0 Å². The first-order chi connectivity index (χ1) is 14.2. The second kappa shape index (κ2) is 12.4. The average molecular weight is 443 g/mol. The number of esters is 2. The smallest absolute Gasteiger partial charge is 0.306 e. The standard InChI is InChI=1S/C20H30N2O7S/c1-5-28-18(23)11-13-20(22(25)26,14-12-19(24)29-6-2)16(4)21-30(27)17-9-7-15(3)8-10-17/h7-10,16,21H,5-6,11-14H2,1-4H3/t16-,30-/m0/s1. The second-order valence-electron chi connectivity index (χ2n) is 6.89. The number of ether oxygens (including phenoxy) is 2. The number of rotatable bonds is 13. The summed E-state index contributed by atoms with van der Waals surface area (Å²) in [6.07, 6.45) is -0.726. The predicted molar refractivity (Wildman–Crippen MR) is 112 cm³/mol. The van der Waals surface area contributed by atoms with Crippen LogP contribution in [-0.2, 0) is 30.0 Å². The second-order valence-corrected chi connectivity index (χ2v) is 8.14. The highest BCUT2D eigenvalue weighted by Crippen LogP contribution is 2.29. The zero-order valence-corrected chi connectivity index (χ0v) is 18.7. The van der Waals surface area contributed by atoms with Crippen molar-refractivity contribution < 1.29 is 28.2 Å². The van der Waals surface area contributed by atoms with Gasteiger partial charge < -0.3 is 9.47 Å². The Balaban J connectivity index is 3.08. The highest BCUT2D eigenvalue weighted by molar-refractivity contribution is 7.83. The van der Waals surface area contributed by atoms with Gasteiger partial charge in [-0.05, 0) is 39.8 Å². The Morgan fingerprint density at radius 3 is 1.97 bits per heavy atom. The van der Waals surface area contributed by atoms with Gasteiger partial charge in [-0.3, -0.25) is 19.7 Å². The summed E-state index contributed by atoms with van der Waals surface area (Å²) < 4.78 is 25.3. The van der Waals surface area contributed by atoms with Gasteiger partial charge in [0.2, 0.25) is 5.54 Å². The van der Waals surface area contributed by atoms with Crippen molar-refractivity contribution in [2.45, 2.75) is 69.9 Å². The number of nitro groups is 1. The first kappa shape index (κ1) is 25.7. The Hall–Kier alpha value is -2.33. The topological polar surface area (TPSA) is 125 Å². The molecule has 168 valence electrons. The fourth-order valence-electron chi connectivity index (χ4n) is 3.00. The van der Waals surface area contributed by atoms with Gasteiger partial charge in [0.15, 0.2) is 0 Å². The van der Waals surface area contributed by atoms with E-state index in [4.69, 9.17) is 9.47 Å². The Kier molecular flexibility index (Phi) is 10.6. The third-order valence-corrected chi connectivity index (χ3v) is 6.09. The van der Waals surface area contributed by atoms with E-state index in [9.17, 15) is 23.9 Å². The maximum absolute atomic E-state index is 12.7. The summed E-state index contributed by atoms with van der Waals surface area (Å²) in [5.41, 5.74) is -0.716. The van der Waals surface area contributed by atoms with Crippen LogP contribution in [-0.4, -0.2) is 45.9 Å². The van der Waals surface area contributed by atoms with Crippen LogP contribution >= 0.6 is 0 Å². The Morgan fingerprint density at radius 2 is 1.57 bits per heavy atom. The van der Waals surface area contributed by atoms with Crippen LogP contribution in [0.25, 0.3) is 0 Å². The van der Waals surface area contributed by atoms with E-state index < -0.39 is 39.4 Å². The van der Waals surface area contributed by atoms with E-state index in [1.54, 1.807) is 38.1 Å². The van der Waals surface area contributed by atoms with Crippen molar-refractivity contribution in [1.82, 2.24) is 4.72 Å². The first-order valence-corrected chi connectivity index (χ1v) is 11.0. The normalized spacial score (nSPS) is 13.3. The average Bonchev–Trinajstić information content (AvgIpc) is 2.68. The van der Waals surface area contributed by atoms with Crippen LogP contribution in [0.4, 0.5) is 0 Å². The minimum atomic E-state index is -1.71. The molecule has 0 saturated carbocycles. The zero-order valence-electron chi connectivity index (χ0n) is 17.8. The third kappa shape index (κ3) is 7.49. The maximum atomic E-state index is 12.7. The molecule has 0 aliphatic heterocycles. The van der Waals surface area contributed by atoms with Crippen molar-refractivity contribution >= 4 is 22.9 Å². The molecule has 30 heavy (non-hydrogen) atoms. The van der Waals surface area contributed by atoms with Crippen LogP contribution in [0.15, 0.2) is 29.2 Å². The molecule has 0 bridgehead atoms. The predicted octanol–water partition coefficient (Wildman–Crippen LogP) is 2.70. The van der Waals surface area contributed by atoms with Crippen molar-refractivity contribution in [3.05, 3.63) is 39.9 Å². The highest BCUT2D eigenvalue weighted by Gasteiger charge is 2.49. The van der Waals surface area contributed by atoms with Gasteiger partial charge in [0.1, 0.15) is 11.0 Å². The van der Waals surface area contributed by atoms with Crippen LogP contribution in [0.3, 0.4) is 0 Å². The summed E-state index contributed by atoms with van der Waals surface area (Å²) in [6.45, 7) is 7.05. The molecular formula is C20H30N2O7S. The molecule has 1 aromatic rings. The van der Waals surface area contributed by atoms with Gasteiger partial charge in [0.05, 0.1) is 37.0 Å². The Morgan fingerprint density at radius 1 is 1.10 bits per heavy atom. The van der Waals surface area contributed by atoms with E-state index in [0.29, 0.717) is 4.90 Å². The first-order valence-electron chi connectivity index (χ1n) is 9.86. The van der Waals surface area contributed by atoms with Crippen molar-refractivity contribution in [2.24, 2.45) is 0 Å². The summed E-state index contributed by atoms with van der Waals surface area (Å²) >= 11 is 0. The molecule has 0 radical (unpaired) electrons. The third-order valence-electron chi connectivity index (χ3n) is 4.82. The van der Waals surface area contributed by atoms with Gasteiger partial charge in [-0.15, -0.1) is 0 Å². The molecule has 0 aliphatic rings. The van der Waals surface area contributed by atoms with Crippen LogP contribution < -0.4 is 4.72 Å². The summed E-state index contributed by atoms with van der Waals surface area (Å²) in [5, 5.41) is 12.1. The molecule has 2 atom stereocenters. The lowest BCUT2D eigenvalue weighted by atomic mass is 9.83. The number of hydrogen-bond acceptors (Lipinski definition) is 7. The van der Waals surface area contributed by atoms with Gasteiger partial charge in [0.25, 0.3) is 0 Å². The minimum Gasteiger partial charge on any atom is -0.466 e. The number of hydrogen-bond donors (Lipinski definition) is 1. The monoisotopic (exact) mass is 442 g/mol. The van der Waals surface area contributed by atoms with Crippen molar-refractivity contribution in [2.75, 3.05) is 13.2 Å². The SMILES string of the molecule is CCOC(=O)CCC(CCC(=O)OCC)([C@H](C)N[S@@](=O)c1ccc(C)cc1)[N+](=O)[O-].